The van der Waals surface area contributed by atoms with Gasteiger partial charge in [0.25, 0.3) is 0 Å². The van der Waals surface area contributed by atoms with Crippen molar-refractivity contribution in [3.63, 3.8) is 0 Å². The van der Waals surface area contributed by atoms with Gasteiger partial charge in [0.1, 0.15) is 23.5 Å². The number of nitrogens with zero attached hydrogens (tertiary/aromatic N) is 1. The fraction of sp³-hybridized carbons (Fsp3) is 0.292. The van der Waals surface area contributed by atoms with Crippen molar-refractivity contribution in [3.05, 3.63) is 93.8 Å². The van der Waals surface area contributed by atoms with Gasteiger partial charge in [-0.25, -0.2) is 8.78 Å². The van der Waals surface area contributed by atoms with Crippen LogP contribution in [0.15, 0.2) is 71.1 Å². The standard InChI is InChI=1S/C24H24ClF2NO2/c1-2-4-21(15-6-8-18(25)9-7-15)22(23(29)16-5-3-10-28-14-16)24(30)17-11-19(26)13-20(27)12-17/h3,5-6,8,10-14,21,23,29-30H,2,4,7,9H2,1H3/b24-22+. The second kappa shape index (κ2) is 10.0. The average Bonchev–Trinajstić information content (AvgIpc) is 2.73. The largest absolute Gasteiger partial charge is 0.507 e. The topological polar surface area (TPSA) is 53.4 Å². The number of pyridine rings is 1. The summed E-state index contributed by atoms with van der Waals surface area (Å²) in [6.45, 7) is 2.01. The third-order valence-corrected chi connectivity index (χ3v) is 5.55. The first-order chi connectivity index (χ1) is 14.4. The number of halogens is 3. The van der Waals surface area contributed by atoms with E-state index < -0.39 is 17.7 Å². The van der Waals surface area contributed by atoms with Gasteiger partial charge in [-0.15, -0.1) is 0 Å². The van der Waals surface area contributed by atoms with Crippen LogP contribution >= 0.6 is 11.6 Å². The summed E-state index contributed by atoms with van der Waals surface area (Å²) in [6, 6.07) is 6.25. The highest BCUT2D eigenvalue weighted by molar-refractivity contribution is 6.29. The smallest absolute Gasteiger partial charge is 0.126 e. The van der Waals surface area contributed by atoms with Gasteiger partial charge >= 0.3 is 0 Å². The Morgan fingerprint density at radius 2 is 1.90 bits per heavy atom. The number of hydrogen-bond acceptors (Lipinski definition) is 3. The molecule has 2 unspecified atom stereocenters. The normalized spacial score (nSPS) is 17.0. The zero-order valence-corrected chi connectivity index (χ0v) is 17.4. The van der Waals surface area contributed by atoms with Crippen LogP contribution in [-0.2, 0) is 0 Å². The quantitative estimate of drug-likeness (QED) is 0.484. The molecule has 2 atom stereocenters. The van der Waals surface area contributed by atoms with Gasteiger partial charge in [-0.3, -0.25) is 4.98 Å². The fourth-order valence-corrected chi connectivity index (χ4v) is 3.96. The van der Waals surface area contributed by atoms with Crippen molar-refractivity contribution in [1.29, 1.82) is 0 Å². The van der Waals surface area contributed by atoms with Crippen LogP contribution in [-0.4, -0.2) is 15.2 Å². The van der Waals surface area contributed by atoms with Crippen LogP contribution in [0.5, 0.6) is 0 Å². The van der Waals surface area contributed by atoms with Gasteiger partial charge in [-0.2, -0.15) is 0 Å². The maximum Gasteiger partial charge on any atom is 0.126 e. The fourth-order valence-electron chi connectivity index (χ4n) is 3.81. The Kier molecular flexibility index (Phi) is 7.40. The molecule has 2 N–H and O–H groups in total. The van der Waals surface area contributed by atoms with Crippen molar-refractivity contribution < 1.29 is 19.0 Å². The summed E-state index contributed by atoms with van der Waals surface area (Å²) in [6.07, 6.45) is 8.40. The molecule has 1 heterocycles. The zero-order valence-electron chi connectivity index (χ0n) is 16.7. The van der Waals surface area contributed by atoms with Crippen molar-refractivity contribution in [1.82, 2.24) is 4.98 Å². The lowest BCUT2D eigenvalue weighted by Crippen LogP contribution is -2.18. The molecule has 0 saturated heterocycles. The number of aliphatic hydroxyl groups is 2. The summed E-state index contributed by atoms with van der Waals surface area (Å²) in [4.78, 5) is 4.05. The molecule has 1 aromatic carbocycles. The lowest BCUT2D eigenvalue weighted by atomic mass is 9.78. The van der Waals surface area contributed by atoms with Gasteiger partial charge in [0.15, 0.2) is 0 Å². The summed E-state index contributed by atoms with van der Waals surface area (Å²) in [7, 11) is 0. The van der Waals surface area contributed by atoms with E-state index in [0.29, 0.717) is 30.4 Å². The highest BCUT2D eigenvalue weighted by Crippen LogP contribution is 2.41. The molecule has 0 aliphatic heterocycles. The van der Waals surface area contributed by atoms with Crippen LogP contribution in [0.25, 0.3) is 5.76 Å². The predicted octanol–water partition coefficient (Wildman–Crippen LogP) is 6.62. The number of hydrogen-bond donors (Lipinski definition) is 2. The summed E-state index contributed by atoms with van der Waals surface area (Å²) < 4.78 is 27.7. The van der Waals surface area contributed by atoms with Crippen molar-refractivity contribution in [2.24, 2.45) is 5.92 Å². The second-order valence-corrected chi connectivity index (χ2v) is 7.83. The zero-order chi connectivity index (χ0) is 21.7. The van der Waals surface area contributed by atoms with Gasteiger partial charge in [0.05, 0.1) is 0 Å². The Bertz CT molecular complexity index is 966. The van der Waals surface area contributed by atoms with Crippen molar-refractivity contribution in [2.45, 2.75) is 38.7 Å². The van der Waals surface area contributed by atoms with E-state index in [0.717, 1.165) is 35.2 Å². The van der Waals surface area contributed by atoms with Crippen LogP contribution < -0.4 is 0 Å². The molecule has 0 saturated carbocycles. The third-order valence-electron chi connectivity index (χ3n) is 5.24. The highest BCUT2D eigenvalue weighted by atomic mass is 35.5. The summed E-state index contributed by atoms with van der Waals surface area (Å²) in [5.74, 6) is -2.25. The lowest BCUT2D eigenvalue weighted by molar-refractivity contribution is 0.199. The molecule has 158 valence electrons. The summed E-state index contributed by atoms with van der Waals surface area (Å²) in [5, 5.41) is 23.1. The molecule has 0 amide bonds. The molecular weight excluding hydrogens is 408 g/mol. The number of allylic oxidation sites excluding steroid dienone is 4. The molecule has 1 aliphatic rings. The summed E-state index contributed by atoms with van der Waals surface area (Å²) >= 11 is 6.11. The molecule has 0 radical (unpaired) electrons. The number of benzene rings is 1. The Morgan fingerprint density at radius 3 is 2.47 bits per heavy atom. The Labute approximate surface area is 180 Å². The van der Waals surface area contributed by atoms with Crippen LogP contribution in [0.2, 0.25) is 0 Å². The number of aromatic nitrogens is 1. The molecule has 6 heteroatoms. The van der Waals surface area contributed by atoms with Crippen LogP contribution in [0.4, 0.5) is 8.78 Å². The molecule has 0 bridgehead atoms. The molecule has 30 heavy (non-hydrogen) atoms. The Hall–Kier alpha value is -2.50. The van der Waals surface area contributed by atoms with Crippen molar-refractivity contribution in [3.8, 4) is 0 Å². The van der Waals surface area contributed by atoms with Gasteiger partial charge in [-0.1, -0.05) is 42.7 Å². The van der Waals surface area contributed by atoms with Gasteiger partial charge in [0.2, 0.25) is 0 Å². The van der Waals surface area contributed by atoms with Gasteiger partial charge in [-0.05, 0) is 43.5 Å². The first-order valence-electron chi connectivity index (χ1n) is 9.93. The van der Waals surface area contributed by atoms with E-state index in [1.54, 1.807) is 18.3 Å². The first kappa shape index (κ1) is 22.2. The molecule has 1 aromatic heterocycles. The van der Waals surface area contributed by atoms with E-state index in [4.69, 9.17) is 11.6 Å². The Morgan fingerprint density at radius 1 is 1.17 bits per heavy atom. The SMILES string of the molecule is CCCC(C1=CC=C(Cl)CC1)/C(=C(\O)c1cc(F)cc(F)c1)C(O)c1cccnc1. The minimum absolute atomic E-state index is 0.0171. The monoisotopic (exact) mass is 431 g/mol. The Balaban J connectivity index is 2.19. The minimum atomic E-state index is -1.19. The van der Waals surface area contributed by atoms with E-state index in [1.807, 2.05) is 19.1 Å². The van der Waals surface area contributed by atoms with E-state index in [9.17, 15) is 19.0 Å². The molecule has 3 nitrogen and oxygen atoms in total. The number of rotatable bonds is 7. The van der Waals surface area contributed by atoms with E-state index in [2.05, 4.69) is 4.98 Å². The maximum atomic E-state index is 13.8. The maximum absolute atomic E-state index is 13.8. The number of aliphatic hydroxyl groups excluding tert-OH is 2. The molecule has 1 aliphatic carbocycles. The molecular formula is C24H24ClF2NO2. The van der Waals surface area contributed by atoms with Crippen LogP contribution in [0.3, 0.4) is 0 Å². The van der Waals surface area contributed by atoms with Crippen LogP contribution in [0.1, 0.15) is 49.8 Å². The van der Waals surface area contributed by atoms with Crippen molar-refractivity contribution in [2.75, 3.05) is 0 Å². The van der Waals surface area contributed by atoms with Crippen molar-refractivity contribution >= 4 is 17.4 Å². The van der Waals surface area contributed by atoms with Gasteiger partial charge in [0, 0.05) is 46.1 Å². The van der Waals surface area contributed by atoms with E-state index in [-0.39, 0.29) is 17.2 Å². The summed E-state index contributed by atoms with van der Waals surface area (Å²) in [5.41, 5.74) is 1.77. The lowest BCUT2D eigenvalue weighted by Gasteiger charge is -2.29. The van der Waals surface area contributed by atoms with Gasteiger partial charge < -0.3 is 10.2 Å². The first-order valence-corrected chi connectivity index (χ1v) is 10.3. The van der Waals surface area contributed by atoms with E-state index in [1.165, 1.54) is 6.20 Å². The molecule has 0 spiro atoms. The van der Waals surface area contributed by atoms with E-state index >= 15 is 0 Å². The predicted molar refractivity (Wildman–Crippen MR) is 115 cm³/mol. The molecule has 0 fully saturated rings. The minimum Gasteiger partial charge on any atom is -0.507 e. The second-order valence-electron chi connectivity index (χ2n) is 7.35. The third kappa shape index (κ3) is 5.15. The average molecular weight is 432 g/mol. The molecule has 3 rings (SSSR count). The molecule has 2 aromatic rings. The highest BCUT2D eigenvalue weighted by Gasteiger charge is 2.30. The van der Waals surface area contributed by atoms with Crippen LogP contribution in [0, 0.1) is 17.6 Å².